The molecule has 4 aliphatic rings. The quantitative estimate of drug-likeness (QED) is 0.689. The fourth-order valence-corrected chi connectivity index (χ4v) is 7.61. The molecule has 0 aliphatic heterocycles. The van der Waals surface area contributed by atoms with Gasteiger partial charge in [-0.3, -0.25) is 4.79 Å². The van der Waals surface area contributed by atoms with Crippen molar-refractivity contribution in [2.75, 3.05) is 0 Å². The lowest BCUT2D eigenvalue weighted by atomic mass is 9.41. The predicted molar refractivity (Wildman–Crippen MR) is 87.4 cm³/mol. The van der Waals surface area contributed by atoms with Gasteiger partial charge >= 0.3 is 5.97 Å². The van der Waals surface area contributed by atoms with Crippen molar-refractivity contribution in [3.63, 3.8) is 0 Å². The van der Waals surface area contributed by atoms with Gasteiger partial charge in [-0.05, 0) is 86.9 Å². The van der Waals surface area contributed by atoms with Gasteiger partial charge in [0.05, 0.1) is 5.41 Å². The number of rotatable bonds is 1. The molecule has 2 nitrogen and oxygen atoms in total. The van der Waals surface area contributed by atoms with Gasteiger partial charge in [-0.1, -0.05) is 25.5 Å². The molecule has 1 unspecified atom stereocenters. The van der Waals surface area contributed by atoms with Gasteiger partial charge in [-0.2, -0.15) is 0 Å². The van der Waals surface area contributed by atoms with Crippen LogP contribution < -0.4 is 0 Å². The zero-order valence-corrected chi connectivity index (χ0v) is 14.2. The van der Waals surface area contributed by atoms with Crippen molar-refractivity contribution in [3.05, 3.63) is 12.2 Å². The van der Waals surface area contributed by atoms with E-state index in [2.05, 4.69) is 13.5 Å². The summed E-state index contributed by atoms with van der Waals surface area (Å²) in [4.78, 5) is 12.0. The third-order valence-corrected chi connectivity index (χ3v) is 8.54. The SMILES string of the molecule is C=C1C[C@@]23CC[C@H]4C(C)(CCC[C@@]4(C)C(=O)O)[C@@H]2CC[C@@H]1C3. The Kier molecular flexibility index (Phi) is 2.95. The van der Waals surface area contributed by atoms with Crippen LogP contribution in [-0.2, 0) is 4.79 Å². The second-order valence-corrected chi connectivity index (χ2v) is 9.40. The lowest BCUT2D eigenvalue weighted by molar-refractivity contribution is -0.181. The third-order valence-electron chi connectivity index (χ3n) is 8.54. The maximum Gasteiger partial charge on any atom is 0.309 e. The van der Waals surface area contributed by atoms with Crippen LogP contribution in [0, 0.1) is 34.0 Å². The summed E-state index contributed by atoms with van der Waals surface area (Å²) in [5.74, 6) is 1.32. The zero-order valence-electron chi connectivity index (χ0n) is 14.2. The Balaban J connectivity index is 1.75. The average Bonchev–Trinajstić information content (AvgIpc) is 2.68. The Bertz CT molecular complexity index is 538. The molecule has 4 aliphatic carbocycles. The van der Waals surface area contributed by atoms with E-state index in [4.69, 9.17) is 0 Å². The topological polar surface area (TPSA) is 37.3 Å². The molecule has 0 aromatic heterocycles. The van der Waals surface area contributed by atoms with Crippen molar-refractivity contribution < 1.29 is 9.90 Å². The van der Waals surface area contributed by atoms with E-state index in [1.165, 1.54) is 44.1 Å². The number of carboxylic acid groups (broad SMARTS) is 1. The van der Waals surface area contributed by atoms with Crippen LogP contribution in [0.1, 0.15) is 71.6 Å². The average molecular weight is 302 g/mol. The highest BCUT2D eigenvalue weighted by atomic mass is 16.4. The minimum atomic E-state index is -0.552. The molecule has 2 bridgehead atoms. The van der Waals surface area contributed by atoms with Gasteiger partial charge in [0.1, 0.15) is 0 Å². The van der Waals surface area contributed by atoms with E-state index in [1.807, 2.05) is 6.92 Å². The van der Waals surface area contributed by atoms with Crippen molar-refractivity contribution in [3.8, 4) is 0 Å². The van der Waals surface area contributed by atoms with Crippen LogP contribution in [0.5, 0.6) is 0 Å². The molecule has 122 valence electrons. The fraction of sp³-hybridized carbons (Fsp3) is 0.850. The number of carbonyl (C=O) groups is 1. The molecule has 4 rings (SSSR count). The normalized spacial score (nSPS) is 53.7. The summed E-state index contributed by atoms with van der Waals surface area (Å²) in [5, 5.41) is 9.90. The first-order valence-electron chi connectivity index (χ1n) is 9.23. The van der Waals surface area contributed by atoms with Gasteiger partial charge in [0.2, 0.25) is 0 Å². The van der Waals surface area contributed by atoms with Crippen molar-refractivity contribution >= 4 is 5.97 Å². The van der Waals surface area contributed by atoms with Gasteiger partial charge in [-0.25, -0.2) is 0 Å². The number of aliphatic carboxylic acids is 1. The summed E-state index contributed by atoms with van der Waals surface area (Å²) < 4.78 is 0. The largest absolute Gasteiger partial charge is 0.481 e. The number of fused-ring (bicyclic) bond motifs is 3. The van der Waals surface area contributed by atoms with E-state index in [1.54, 1.807) is 0 Å². The zero-order chi connectivity index (χ0) is 15.8. The van der Waals surface area contributed by atoms with Crippen LogP contribution in [0.25, 0.3) is 0 Å². The van der Waals surface area contributed by atoms with Crippen LogP contribution in [0.15, 0.2) is 12.2 Å². The molecule has 0 saturated heterocycles. The van der Waals surface area contributed by atoms with Crippen LogP contribution in [0.2, 0.25) is 0 Å². The van der Waals surface area contributed by atoms with Crippen molar-refractivity contribution in [1.82, 2.24) is 0 Å². The molecule has 4 saturated carbocycles. The van der Waals surface area contributed by atoms with Crippen molar-refractivity contribution in [2.24, 2.45) is 34.0 Å². The Morgan fingerprint density at radius 2 is 1.91 bits per heavy atom. The van der Waals surface area contributed by atoms with Crippen LogP contribution in [0.4, 0.5) is 0 Å². The monoisotopic (exact) mass is 302 g/mol. The summed E-state index contributed by atoms with van der Waals surface area (Å²) >= 11 is 0. The second-order valence-electron chi connectivity index (χ2n) is 9.40. The lowest BCUT2D eigenvalue weighted by Crippen LogP contribution is -2.58. The standard InChI is InChI=1S/C20H30O2/c1-13-11-20-10-7-15-18(2,16(20)6-5-14(13)12-20)8-4-9-19(15,3)17(21)22/h14-16H,1,4-12H2,2-3H3,(H,21,22)/t14-,15+,16+,18?,19-,20-/m1/s1. The summed E-state index contributed by atoms with van der Waals surface area (Å²) in [6.07, 6.45) is 10.8. The molecule has 0 amide bonds. The second kappa shape index (κ2) is 4.39. The van der Waals surface area contributed by atoms with E-state index >= 15 is 0 Å². The lowest BCUT2D eigenvalue weighted by Gasteiger charge is -2.63. The van der Waals surface area contributed by atoms with Gasteiger partial charge in [0, 0.05) is 0 Å². The summed E-state index contributed by atoms with van der Waals surface area (Å²) in [6, 6.07) is 0. The summed E-state index contributed by atoms with van der Waals surface area (Å²) in [6.45, 7) is 8.86. The first kappa shape index (κ1) is 14.8. The van der Waals surface area contributed by atoms with Crippen molar-refractivity contribution in [1.29, 1.82) is 0 Å². The highest BCUT2D eigenvalue weighted by Gasteiger charge is 2.64. The number of hydrogen-bond acceptors (Lipinski definition) is 1. The minimum absolute atomic E-state index is 0.235. The van der Waals surface area contributed by atoms with Gasteiger partial charge in [0.15, 0.2) is 0 Å². The predicted octanol–water partition coefficient (Wildman–Crippen LogP) is 5.04. The first-order chi connectivity index (χ1) is 10.3. The maximum atomic E-state index is 12.0. The van der Waals surface area contributed by atoms with Gasteiger partial charge < -0.3 is 5.11 Å². The third kappa shape index (κ3) is 1.65. The highest BCUT2D eigenvalue weighted by Crippen LogP contribution is 2.72. The summed E-state index contributed by atoms with van der Waals surface area (Å²) in [5.41, 5.74) is 1.71. The molecule has 0 aromatic carbocycles. The van der Waals surface area contributed by atoms with Crippen LogP contribution in [0.3, 0.4) is 0 Å². The molecule has 6 atom stereocenters. The molecule has 4 fully saturated rings. The molecule has 0 aromatic rings. The van der Waals surface area contributed by atoms with Gasteiger partial charge in [-0.15, -0.1) is 0 Å². The van der Waals surface area contributed by atoms with Crippen LogP contribution >= 0.6 is 0 Å². The first-order valence-corrected chi connectivity index (χ1v) is 9.23. The highest BCUT2D eigenvalue weighted by molar-refractivity contribution is 5.75. The molecule has 0 radical (unpaired) electrons. The number of allylic oxidation sites excluding steroid dienone is 1. The molecule has 1 N–H and O–H groups in total. The van der Waals surface area contributed by atoms with E-state index < -0.39 is 11.4 Å². The molecule has 22 heavy (non-hydrogen) atoms. The van der Waals surface area contributed by atoms with Crippen LogP contribution in [-0.4, -0.2) is 11.1 Å². The van der Waals surface area contributed by atoms with Gasteiger partial charge in [0.25, 0.3) is 0 Å². The smallest absolute Gasteiger partial charge is 0.309 e. The molecular weight excluding hydrogens is 272 g/mol. The number of carboxylic acids is 1. The maximum absolute atomic E-state index is 12.0. The number of hydrogen-bond donors (Lipinski definition) is 1. The van der Waals surface area contributed by atoms with Crippen molar-refractivity contribution in [2.45, 2.75) is 71.6 Å². The minimum Gasteiger partial charge on any atom is -0.481 e. The Morgan fingerprint density at radius 3 is 2.64 bits per heavy atom. The van der Waals surface area contributed by atoms with E-state index in [0.717, 1.165) is 31.1 Å². The van der Waals surface area contributed by atoms with E-state index in [0.29, 0.717) is 11.3 Å². The molecule has 0 heterocycles. The summed E-state index contributed by atoms with van der Waals surface area (Å²) in [7, 11) is 0. The Hall–Kier alpha value is -0.790. The fourth-order valence-electron chi connectivity index (χ4n) is 7.61. The molecular formula is C20H30O2. The van der Waals surface area contributed by atoms with E-state index in [-0.39, 0.29) is 5.41 Å². The Labute approximate surface area is 134 Å². The molecule has 2 heteroatoms. The Morgan fingerprint density at radius 1 is 1.14 bits per heavy atom. The van der Waals surface area contributed by atoms with E-state index in [9.17, 15) is 9.90 Å². The molecule has 1 spiro atoms.